The molecule has 17 N–H and O–H groups in total. The molecule has 40 heavy (non-hydrogen) atoms. The standard InChI is InChI=1S/C22H44N12O6/c23-8-2-1-5-13(34-19(38)14(32-16(35)11-24)6-3-9-29-21(25)26)18(37)31-12-17(36)33-15(20(39)40)7-4-10-30-22(27)28/h13-15H,1-12,23-24H2,(H,31,37)(H,32,35)(H,33,36)(H,34,38)(H,39,40)(H4,25,26,29)(H4,27,28,30)/t13-,14-,15-/m0/s1. The number of nitrogens with one attached hydrogen (secondary N) is 4. The lowest BCUT2D eigenvalue weighted by atomic mass is 10.1. The van der Waals surface area contributed by atoms with Crippen molar-refractivity contribution in [1.82, 2.24) is 21.3 Å². The fraction of sp³-hybridized carbons (Fsp3) is 0.682. The van der Waals surface area contributed by atoms with Crippen LogP contribution >= 0.6 is 0 Å². The minimum Gasteiger partial charge on any atom is -0.480 e. The number of nitrogens with zero attached hydrogens (tertiary/aromatic N) is 2. The molecule has 0 unspecified atom stereocenters. The van der Waals surface area contributed by atoms with Crippen molar-refractivity contribution in [3.63, 3.8) is 0 Å². The van der Waals surface area contributed by atoms with Crippen molar-refractivity contribution < 1.29 is 29.1 Å². The molecule has 3 atom stereocenters. The number of amides is 4. The van der Waals surface area contributed by atoms with Crippen molar-refractivity contribution in [3.8, 4) is 0 Å². The van der Waals surface area contributed by atoms with E-state index in [1.165, 1.54) is 0 Å². The summed E-state index contributed by atoms with van der Waals surface area (Å²) in [5.74, 6) is -4.16. The van der Waals surface area contributed by atoms with Gasteiger partial charge in [-0.15, -0.1) is 0 Å². The van der Waals surface area contributed by atoms with Crippen molar-refractivity contribution in [2.24, 2.45) is 44.4 Å². The normalized spacial score (nSPS) is 12.7. The Morgan fingerprint density at radius 3 is 1.65 bits per heavy atom. The van der Waals surface area contributed by atoms with Crippen LogP contribution in [0.2, 0.25) is 0 Å². The van der Waals surface area contributed by atoms with Crippen LogP contribution in [0, 0.1) is 0 Å². The maximum absolute atomic E-state index is 13.0. The molecule has 0 aromatic heterocycles. The molecular weight excluding hydrogens is 528 g/mol. The number of carboxylic acid groups (broad SMARTS) is 1. The molecule has 0 heterocycles. The second-order valence-corrected chi connectivity index (χ2v) is 8.74. The molecule has 18 nitrogen and oxygen atoms in total. The van der Waals surface area contributed by atoms with Crippen LogP contribution in [0.5, 0.6) is 0 Å². The van der Waals surface area contributed by atoms with Crippen LogP contribution in [0.15, 0.2) is 9.98 Å². The molecule has 0 saturated heterocycles. The van der Waals surface area contributed by atoms with E-state index in [0.717, 1.165) is 0 Å². The van der Waals surface area contributed by atoms with E-state index in [-0.39, 0.29) is 50.8 Å². The highest BCUT2D eigenvalue weighted by molar-refractivity contribution is 5.94. The highest BCUT2D eigenvalue weighted by Gasteiger charge is 2.27. The van der Waals surface area contributed by atoms with E-state index in [1.807, 2.05) is 0 Å². The van der Waals surface area contributed by atoms with Gasteiger partial charge in [0.2, 0.25) is 23.6 Å². The highest BCUT2D eigenvalue weighted by Crippen LogP contribution is 2.05. The van der Waals surface area contributed by atoms with Gasteiger partial charge in [0.15, 0.2) is 11.9 Å². The fourth-order valence-electron chi connectivity index (χ4n) is 3.36. The monoisotopic (exact) mass is 572 g/mol. The Balaban J connectivity index is 5.22. The fourth-order valence-corrected chi connectivity index (χ4v) is 3.36. The maximum atomic E-state index is 13.0. The van der Waals surface area contributed by atoms with Crippen LogP contribution in [0.3, 0.4) is 0 Å². The minimum absolute atomic E-state index is 0.0582. The second-order valence-electron chi connectivity index (χ2n) is 8.74. The van der Waals surface area contributed by atoms with E-state index < -0.39 is 54.3 Å². The molecule has 0 bridgehead atoms. The molecule has 0 aliphatic carbocycles. The lowest BCUT2D eigenvalue weighted by Crippen LogP contribution is -2.55. The molecule has 0 aromatic rings. The summed E-state index contributed by atoms with van der Waals surface area (Å²) in [6.07, 6.45) is 2.13. The number of aliphatic imine (C=N–C) groups is 2. The number of hydrogen-bond donors (Lipinski definition) is 11. The van der Waals surface area contributed by atoms with Crippen molar-refractivity contribution in [2.45, 2.75) is 63.1 Å². The molecule has 0 aliphatic heterocycles. The average Bonchev–Trinajstić information content (AvgIpc) is 2.89. The van der Waals surface area contributed by atoms with Gasteiger partial charge in [0, 0.05) is 13.1 Å². The Morgan fingerprint density at radius 2 is 1.15 bits per heavy atom. The molecule has 18 heteroatoms. The van der Waals surface area contributed by atoms with E-state index in [1.54, 1.807) is 0 Å². The lowest BCUT2D eigenvalue weighted by molar-refractivity contribution is -0.142. The summed E-state index contributed by atoms with van der Waals surface area (Å²) < 4.78 is 0. The Bertz CT molecular complexity index is 890. The number of carbonyl (C=O) groups is 5. The summed E-state index contributed by atoms with van der Waals surface area (Å²) in [6, 6.07) is -3.30. The number of unbranched alkanes of at least 4 members (excludes halogenated alkanes) is 1. The number of aliphatic carboxylic acids is 1. The number of carbonyl (C=O) groups excluding carboxylic acids is 4. The van der Waals surface area contributed by atoms with Crippen LogP contribution in [0.1, 0.15) is 44.9 Å². The Labute approximate surface area is 232 Å². The van der Waals surface area contributed by atoms with Gasteiger partial charge in [0.1, 0.15) is 18.1 Å². The van der Waals surface area contributed by atoms with E-state index in [4.69, 9.17) is 34.4 Å². The van der Waals surface area contributed by atoms with Gasteiger partial charge in [0.05, 0.1) is 13.1 Å². The van der Waals surface area contributed by atoms with E-state index in [0.29, 0.717) is 32.2 Å². The molecule has 0 saturated carbocycles. The number of rotatable bonds is 21. The average molecular weight is 573 g/mol. The van der Waals surface area contributed by atoms with Gasteiger partial charge in [0.25, 0.3) is 0 Å². The zero-order chi connectivity index (χ0) is 30.5. The van der Waals surface area contributed by atoms with Gasteiger partial charge in [-0.25, -0.2) is 4.79 Å². The van der Waals surface area contributed by atoms with Crippen LogP contribution in [-0.2, 0) is 24.0 Å². The third-order valence-corrected chi connectivity index (χ3v) is 5.36. The third kappa shape index (κ3) is 17.3. The van der Waals surface area contributed by atoms with Crippen molar-refractivity contribution in [3.05, 3.63) is 0 Å². The Hall–Kier alpha value is -4.19. The number of hydrogen-bond acceptors (Lipinski definition) is 9. The zero-order valence-electron chi connectivity index (χ0n) is 22.6. The molecule has 0 spiro atoms. The van der Waals surface area contributed by atoms with Crippen molar-refractivity contribution in [1.29, 1.82) is 0 Å². The SMILES string of the molecule is NCCCC[C@H](NC(=O)[C@H](CCCN=C(N)N)NC(=O)CN)C(=O)NCC(=O)N[C@@H](CCCN=C(N)N)C(=O)O. The summed E-state index contributed by atoms with van der Waals surface area (Å²) in [7, 11) is 0. The summed E-state index contributed by atoms with van der Waals surface area (Å²) in [5.41, 5.74) is 31.9. The molecule has 0 radical (unpaired) electrons. The lowest BCUT2D eigenvalue weighted by Gasteiger charge is -2.23. The number of nitrogens with two attached hydrogens (primary N) is 6. The highest BCUT2D eigenvalue weighted by atomic mass is 16.4. The molecule has 4 amide bonds. The molecule has 228 valence electrons. The van der Waals surface area contributed by atoms with Gasteiger partial charge in [-0.2, -0.15) is 0 Å². The smallest absolute Gasteiger partial charge is 0.326 e. The first-order chi connectivity index (χ1) is 18.9. The molecule has 0 fully saturated rings. The van der Waals surface area contributed by atoms with Gasteiger partial charge >= 0.3 is 5.97 Å². The number of guanidine groups is 2. The van der Waals surface area contributed by atoms with Gasteiger partial charge < -0.3 is 60.8 Å². The van der Waals surface area contributed by atoms with Crippen molar-refractivity contribution >= 4 is 41.5 Å². The third-order valence-electron chi connectivity index (χ3n) is 5.36. The quantitative estimate of drug-likeness (QED) is 0.0349. The van der Waals surface area contributed by atoms with Crippen LogP contribution in [0.4, 0.5) is 0 Å². The predicted molar refractivity (Wildman–Crippen MR) is 148 cm³/mol. The summed E-state index contributed by atoms with van der Waals surface area (Å²) in [6.45, 7) is -0.120. The first-order valence-corrected chi connectivity index (χ1v) is 12.8. The van der Waals surface area contributed by atoms with Crippen LogP contribution in [-0.4, -0.2) is 97.5 Å². The second kappa shape index (κ2) is 20.7. The van der Waals surface area contributed by atoms with Crippen LogP contribution < -0.4 is 55.7 Å². The van der Waals surface area contributed by atoms with E-state index in [2.05, 4.69) is 31.3 Å². The van der Waals surface area contributed by atoms with E-state index >= 15 is 0 Å². The Kier molecular flexibility index (Phi) is 18.6. The predicted octanol–water partition coefficient (Wildman–Crippen LogP) is -5.16. The summed E-state index contributed by atoms with van der Waals surface area (Å²) in [5, 5.41) is 19.2. The maximum Gasteiger partial charge on any atom is 0.326 e. The summed E-state index contributed by atoms with van der Waals surface area (Å²) >= 11 is 0. The molecule has 0 aromatic carbocycles. The molecule has 0 aliphatic rings. The molecule has 0 rings (SSSR count). The topological polar surface area (TPSA) is 335 Å². The molecular formula is C22H44N12O6. The minimum atomic E-state index is -1.26. The first kappa shape index (κ1) is 35.8. The van der Waals surface area contributed by atoms with Gasteiger partial charge in [-0.1, -0.05) is 0 Å². The first-order valence-electron chi connectivity index (χ1n) is 12.8. The largest absolute Gasteiger partial charge is 0.480 e. The van der Waals surface area contributed by atoms with E-state index in [9.17, 15) is 29.1 Å². The Morgan fingerprint density at radius 1 is 0.650 bits per heavy atom. The van der Waals surface area contributed by atoms with Crippen LogP contribution in [0.25, 0.3) is 0 Å². The summed E-state index contributed by atoms with van der Waals surface area (Å²) in [4.78, 5) is 69.0. The van der Waals surface area contributed by atoms with Gasteiger partial charge in [-0.3, -0.25) is 29.2 Å². The van der Waals surface area contributed by atoms with Crippen molar-refractivity contribution in [2.75, 3.05) is 32.7 Å². The van der Waals surface area contributed by atoms with Gasteiger partial charge in [-0.05, 0) is 51.5 Å². The zero-order valence-corrected chi connectivity index (χ0v) is 22.6. The number of carboxylic acids is 1.